The van der Waals surface area contributed by atoms with E-state index in [0.717, 1.165) is 17.9 Å². The Morgan fingerprint density at radius 2 is 1.94 bits per heavy atom. The Hall–Kier alpha value is -1.00. The van der Waals surface area contributed by atoms with Crippen LogP contribution in [0.3, 0.4) is 0 Å². The van der Waals surface area contributed by atoms with Crippen LogP contribution in [0.5, 0.6) is 0 Å². The number of carbonyl (C=O) groups excluding carboxylic acids is 1. The van der Waals surface area contributed by atoms with Crippen LogP contribution < -0.4 is 11.1 Å². The molecule has 1 amide bonds. The Labute approximate surface area is 107 Å². The highest BCUT2D eigenvalue weighted by Crippen LogP contribution is 2.13. The second kappa shape index (κ2) is 6.07. The normalized spacial score (nSPS) is 11.3. The molecule has 1 rings (SSSR count). The van der Waals surface area contributed by atoms with Gasteiger partial charge < -0.3 is 11.1 Å². The van der Waals surface area contributed by atoms with Crippen LogP contribution in [0.25, 0.3) is 0 Å². The molecule has 3 nitrogen and oxygen atoms in total. The molecular weight excluding hydrogens is 232 g/mol. The molecule has 0 unspecified atom stereocenters. The Balaban J connectivity index is 2.59. The summed E-state index contributed by atoms with van der Waals surface area (Å²) in [5.74, 6) is 0.941. The molecule has 0 aliphatic heterocycles. The fourth-order valence-corrected chi connectivity index (χ4v) is 1.71. The summed E-state index contributed by atoms with van der Waals surface area (Å²) >= 11 is 1.83. The molecule has 0 atom stereocenters. The molecule has 0 saturated carbocycles. The number of aryl methyl sites for hydroxylation is 1. The van der Waals surface area contributed by atoms with E-state index >= 15 is 0 Å². The van der Waals surface area contributed by atoms with Gasteiger partial charge in [-0.1, -0.05) is 12.1 Å². The molecule has 0 fully saturated rings. The maximum atomic E-state index is 11.7. The van der Waals surface area contributed by atoms with Crippen molar-refractivity contribution in [3.63, 3.8) is 0 Å². The highest BCUT2D eigenvalue weighted by Gasteiger charge is 2.21. The van der Waals surface area contributed by atoms with Crippen LogP contribution in [0.1, 0.15) is 19.4 Å². The fraction of sp³-hybridized carbons (Fsp3) is 0.462. The minimum atomic E-state index is -0.850. The van der Waals surface area contributed by atoms with Crippen LogP contribution in [0, 0.1) is 0 Å². The third kappa shape index (κ3) is 4.79. The van der Waals surface area contributed by atoms with Crippen molar-refractivity contribution in [2.75, 3.05) is 17.3 Å². The highest BCUT2D eigenvalue weighted by molar-refractivity contribution is 7.98. The third-order valence-electron chi connectivity index (χ3n) is 2.39. The lowest BCUT2D eigenvalue weighted by Crippen LogP contribution is -2.45. The first-order valence-electron chi connectivity index (χ1n) is 5.61. The second-order valence-corrected chi connectivity index (χ2v) is 5.60. The number of nitrogens with one attached hydrogen (secondary N) is 1. The van der Waals surface area contributed by atoms with Crippen molar-refractivity contribution in [3.8, 4) is 0 Å². The van der Waals surface area contributed by atoms with Gasteiger partial charge in [-0.15, -0.1) is 0 Å². The summed E-state index contributed by atoms with van der Waals surface area (Å²) in [6.45, 7) is 3.38. The molecule has 4 heteroatoms. The summed E-state index contributed by atoms with van der Waals surface area (Å²) in [7, 11) is 0. The Bertz CT molecular complexity index is 368. The maximum absolute atomic E-state index is 11.7. The van der Waals surface area contributed by atoms with E-state index in [1.165, 1.54) is 5.56 Å². The number of hydrogen-bond acceptors (Lipinski definition) is 3. The summed E-state index contributed by atoms with van der Waals surface area (Å²) in [5.41, 5.74) is 6.93. The lowest BCUT2D eigenvalue weighted by Gasteiger charge is -2.17. The van der Waals surface area contributed by atoms with Gasteiger partial charge in [0.2, 0.25) is 5.91 Å². The number of benzene rings is 1. The molecule has 0 aromatic heterocycles. The average molecular weight is 252 g/mol. The number of thioether (sulfide) groups is 1. The summed E-state index contributed by atoms with van der Waals surface area (Å²) in [4.78, 5) is 11.7. The molecule has 1 aromatic carbocycles. The van der Waals surface area contributed by atoms with E-state index < -0.39 is 5.54 Å². The molecule has 1 aromatic rings. The highest BCUT2D eigenvalue weighted by atomic mass is 32.2. The van der Waals surface area contributed by atoms with E-state index in [1.807, 2.05) is 36.0 Å². The van der Waals surface area contributed by atoms with E-state index in [9.17, 15) is 4.79 Å². The van der Waals surface area contributed by atoms with Gasteiger partial charge in [-0.2, -0.15) is 11.8 Å². The van der Waals surface area contributed by atoms with Crippen LogP contribution in [-0.2, 0) is 11.2 Å². The molecule has 17 heavy (non-hydrogen) atoms. The molecule has 0 aliphatic rings. The predicted molar refractivity (Wildman–Crippen MR) is 75.4 cm³/mol. The van der Waals surface area contributed by atoms with E-state index in [2.05, 4.69) is 11.6 Å². The number of rotatable bonds is 5. The van der Waals surface area contributed by atoms with Gasteiger partial charge >= 0.3 is 0 Å². The molecule has 0 aliphatic carbocycles. The van der Waals surface area contributed by atoms with E-state index in [1.54, 1.807) is 13.8 Å². The summed E-state index contributed by atoms with van der Waals surface area (Å²) in [6, 6.07) is 7.91. The molecule has 3 N–H and O–H groups in total. The van der Waals surface area contributed by atoms with Gasteiger partial charge in [0, 0.05) is 5.69 Å². The molecule has 0 bridgehead atoms. The van der Waals surface area contributed by atoms with Crippen LogP contribution >= 0.6 is 11.8 Å². The van der Waals surface area contributed by atoms with E-state index in [0.29, 0.717) is 0 Å². The van der Waals surface area contributed by atoms with Crippen LogP contribution in [0.4, 0.5) is 5.69 Å². The van der Waals surface area contributed by atoms with Crippen molar-refractivity contribution in [1.82, 2.24) is 0 Å². The summed E-state index contributed by atoms with van der Waals surface area (Å²) in [6.07, 6.45) is 3.15. The van der Waals surface area contributed by atoms with Crippen molar-refractivity contribution in [2.24, 2.45) is 5.73 Å². The molecule has 94 valence electrons. The van der Waals surface area contributed by atoms with E-state index in [-0.39, 0.29) is 5.91 Å². The molecular formula is C13H20N2OS. The monoisotopic (exact) mass is 252 g/mol. The van der Waals surface area contributed by atoms with Crippen LogP contribution in [0.2, 0.25) is 0 Å². The maximum Gasteiger partial charge on any atom is 0.243 e. The number of hydrogen-bond donors (Lipinski definition) is 2. The van der Waals surface area contributed by atoms with Crippen molar-refractivity contribution < 1.29 is 4.79 Å². The van der Waals surface area contributed by atoms with Crippen molar-refractivity contribution in [2.45, 2.75) is 25.8 Å². The lowest BCUT2D eigenvalue weighted by atomic mass is 10.1. The van der Waals surface area contributed by atoms with E-state index in [4.69, 9.17) is 5.73 Å². The number of amides is 1. The summed E-state index contributed by atoms with van der Waals surface area (Å²) in [5, 5.41) is 2.80. The molecule has 0 saturated heterocycles. The zero-order valence-electron chi connectivity index (χ0n) is 10.6. The van der Waals surface area contributed by atoms with Gasteiger partial charge in [0.15, 0.2) is 0 Å². The number of anilines is 1. The third-order valence-corrected chi connectivity index (χ3v) is 3.00. The standard InChI is InChI=1S/C13H20N2OS/c1-13(2,14)12(16)15-11-6-4-10(5-7-11)8-9-17-3/h4-7H,8-9,14H2,1-3H3,(H,15,16). The Morgan fingerprint density at radius 3 is 2.41 bits per heavy atom. The quantitative estimate of drug-likeness (QED) is 0.845. The number of nitrogens with two attached hydrogens (primary N) is 1. The van der Waals surface area contributed by atoms with Crippen LogP contribution in [-0.4, -0.2) is 23.5 Å². The first-order chi connectivity index (χ1) is 7.93. The Morgan fingerprint density at radius 1 is 1.35 bits per heavy atom. The topological polar surface area (TPSA) is 55.1 Å². The Kier molecular flexibility index (Phi) is 5.02. The van der Waals surface area contributed by atoms with Crippen molar-refractivity contribution in [1.29, 1.82) is 0 Å². The average Bonchev–Trinajstić information content (AvgIpc) is 2.27. The van der Waals surface area contributed by atoms with Crippen molar-refractivity contribution >= 4 is 23.4 Å². The zero-order valence-corrected chi connectivity index (χ0v) is 11.4. The smallest absolute Gasteiger partial charge is 0.243 e. The molecule has 0 radical (unpaired) electrons. The number of carbonyl (C=O) groups is 1. The minimum Gasteiger partial charge on any atom is -0.325 e. The molecule has 0 heterocycles. The zero-order chi connectivity index (χ0) is 12.9. The van der Waals surface area contributed by atoms with Gasteiger partial charge in [0.05, 0.1) is 5.54 Å². The first-order valence-corrected chi connectivity index (χ1v) is 7.01. The van der Waals surface area contributed by atoms with Gasteiger partial charge in [-0.05, 0) is 50.0 Å². The van der Waals surface area contributed by atoms with Gasteiger partial charge in [0.25, 0.3) is 0 Å². The predicted octanol–water partition coefficient (Wildman–Crippen LogP) is 2.27. The lowest BCUT2D eigenvalue weighted by molar-refractivity contribution is -0.120. The molecule has 0 spiro atoms. The second-order valence-electron chi connectivity index (χ2n) is 4.62. The minimum absolute atomic E-state index is 0.172. The van der Waals surface area contributed by atoms with Gasteiger partial charge in [-0.25, -0.2) is 0 Å². The van der Waals surface area contributed by atoms with Crippen LogP contribution in [0.15, 0.2) is 24.3 Å². The summed E-state index contributed by atoms with van der Waals surface area (Å²) < 4.78 is 0. The van der Waals surface area contributed by atoms with Gasteiger partial charge in [0.1, 0.15) is 0 Å². The fourth-order valence-electron chi connectivity index (χ4n) is 1.27. The SMILES string of the molecule is CSCCc1ccc(NC(=O)C(C)(C)N)cc1. The van der Waals surface area contributed by atoms with Gasteiger partial charge in [-0.3, -0.25) is 4.79 Å². The van der Waals surface area contributed by atoms with Crippen molar-refractivity contribution in [3.05, 3.63) is 29.8 Å². The largest absolute Gasteiger partial charge is 0.325 e. The first kappa shape index (κ1) is 14.1.